The molecule has 2 aliphatic rings. The van der Waals surface area contributed by atoms with E-state index in [9.17, 15) is 9.59 Å². The van der Waals surface area contributed by atoms with Gasteiger partial charge in [-0.1, -0.05) is 24.3 Å². The predicted molar refractivity (Wildman–Crippen MR) is 104 cm³/mol. The molecular weight excluding hydrogens is 358 g/mol. The normalized spacial score (nSPS) is 22.0. The molecule has 0 saturated carbocycles. The molecule has 6 heteroatoms. The van der Waals surface area contributed by atoms with Crippen LogP contribution in [0, 0.1) is 0 Å². The zero-order chi connectivity index (χ0) is 18.4. The Morgan fingerprint density at radius 3 is 2.48 bits per heavy atom. The Balaban J connectivity index is 1.32. The lowest BCUT2D eigenvalue weighted by Gasteiger charge is -2.22. The topological polar surface area (TPSA) is 54.7 Å². The number of thiazole rings is 1. The van der Waals surface area contributed by atoms with Crippen LogP contribution >= 0.6 is 11.3 Å². The van der Waals surface area contributed by atoms with E-state index in [1.54, 1.807) is 23.5 Å². The van der Waals surface area contributed by atoms with Gasteiger partial charge in [0.1, 0.15) is 6.04 Å². The number of nitrogens with one attached hydrogen (secondary N) is 1. The monoisotopic (exact) mass is 378 g/mol. The highest BCUT2D eigenvalue weighted by atomic mass is 32.1. The minimum Gasteiger partial charge on any atom is -0.325 e. The van der Waals surface area contributed by atoms with Crippen molar-refractivity contribution < 1.29 is 14.5 Å². The highest BCUT2D eigenvalue weighted by molar-refractivity contribution is 7.18. The third-order valence-electron chi connectivity index (χ3n) is 5.63. The van der Waals surface area contributed by atoms with Gasteiger partial charge in [-0.3, -0.25) is 14.5 Å². The number of aromatic nitrogens is 1. The van der Waals surface area contributed by atoms with Crippen LogP contribution in [0.2, 0.25) is 0 Å². The molecule has 1 unspecified atom stereocenters. The highest BCUT2D eigenvalue weighted by Gasteiger charge is 2.38. The van der Waals surface area contributed by atoms with Crippen molar-refractivity contribution >= 4 is 33.4 Å². The van der Waals surface area contributed by atoms with Crippen LogP contribution in [0.25, 0.3) is 10.2 Å². The summed E-state index contributed by atoms with van der Waals surface area (Å²) in [7, 11) is 0. The zero-order valence-corrected chi connectivity index (χ0v) is 15.7. The minimum atomic E-state index is -0.161. The average Bonchev–Trinajstić information content (AvgIpc) is 3.38. The number of carbonyl (C=O) groups is 2. The molecule has 2 aromatic carbocycles. The van der Waals surface area contributed by atoms with Crippen molar-refractivity contribution in [3.8, 4) is 0 Å². The maximum atomic E-state index is 12.6. The summed E-state index contributed by atoms with van der Waals surface area (Å²) in [5.41, 5.74) is 2.12. The molecular formula is C21H20N3O2S+. The van der Waals surface area contributed by atoms with Crippen molar-refractivity contribution in [3.63, 3.8) is 0 Å². The Labute approximate surface area is 161 Å². The first kappa shape index (κ1) is 16.6. The van der Waals surface area contributed by atoms with E-state index < -0.39 is 0 Å². The van der Waals surface area contributed by atoms with Crippen LogP contribution in [0.4, 0.5) is 0 Å². The second kappa shape index (κ2) is 6.55. The van der Waals surface area contributed by atoms with E-state index in [2.05, 4.69) is 12.1 Å². The summed E-state index contributed by atoms with van der Waals surface area (Å²) in [4.78, 5) is 32.8. The number of carbonyl (C=O) groups excluding carboxylic acids is 2. The average molecular weight is 378 g/mol. The molecule has 136 valence electrons. The molecule has 1 N–H and O–H groups in total. The molecule has 3 heterocycles. The molecule has 5 rings (SSSR count). The van der Waals surface area contributed by atoms with E-state index in [1.165, 1.54) is 19.5 Å². The number of fused-ring (bicyclic) bond motifs is 2. The summed E-state index contributed by atoms with van der Waals surface area (Å²) in [6, 6.07) is 15.7. The SMILES string of the molecule is O=C1c2ccccc2C(=O)N1CC[NH+]1CCC[C@H]1c1nc2ccccc2s1. The zero-order valence-electron chi connectivity index (χ0n) is 14.9. The van der Waals surface area contributed by atoms with E-state index in [0.717, 1.165) is 31.4 Å². The van der Waals surface area contributed by atoms with Gasteiger partial charge in [0.05, 0.1) is 41.0 Å². The predicted octanol–water partition coefficient (Wildman–Crippen LogP) is 2.31. The van der Waals surface area contributed by atoms with Gasteiger partial charge in [-0.15, -0.1) is 11.3 Å². The summed E-state index contributed by atoms with van der Waals surface area (Å²) in [5, 5.41) is 1.17. The molecule has 2 amide bonds. The lowest BCUT2D eigenvalue weighted by atomic mass is 10.1. The molecule has 3 aromatic rings. The van der Waals surface area contributed by atoms with Crippen molar-refractivity contribution in [1.29, 1.82) is 0 Å². The fraction of sp³-hybridized carbons (Fsp3) is 0.286. The fourth-order valence-corrected chi connectivity index (χ4v) is 5.41. The molecule has 27 heavy (non-hydrogen) atoms. The van der Waals surface area contributed by atoms with Gasteiger partial charge >= 0.3 is 0 Å². The van der Waals surface area contributed by atoms with Gasteiger partial charge in [0.15, 0.2) is 5.01 Å². The Morgan fingerprint density at radius 2 is 1.74 bits per heavy atom. The molecule has 0 radical (unpaired) electrons. The van der Waals surface area contributed by atoms with Crippen LogP contribution < -0.4 is 4.90 Å². The summed E-state index contributed by atoms with van der Waals surface area (Å²) < 4.78 is 1.22. The largest absolute Gasteiger partial charge is 0.325 e. The number of hydrogen-bond acceptors (Lipinski definition) is 4. The van der Waals surface area contributed by atoms with Crippen LogP contribution in [0.15, 0.2) is 48.5 Å². The molecule has 1 fully saturated rings. The van der Waals surface area contributed by atoms with Crippen LogP contribution in [-0.2, 0) is 0 Å². The van der Waals surface area contributed by atoms with E-state index >= 15 is 0 Å². The Bertz CT molecular complexity index is 977. The first-order valence-corrected chi connectivity index (χ1v) is 10.2. The third kappa shape index (κ3) is 2.76. The quantitative estimate of drug-likeness (QED) is 0.709. The summed E-state index contributed by atoms with van der Waals surface area (Å²) in [6.45, 7) is 2.29. The minimum absolute atomic E-state index is 0.161. The molecule has 0 aliphatic carbocycles. The van der Waals surface area contributed by atoms with Gasteiger partial charge in [0, 0.05) is 12.8 Å². The first-order chi connectivity index (χ1) is 13.2. The van der Waals surface area contributed by atoms with Gasteiger partial charge in [0.2, 0.25) is 0 Å². The number of nitrogens with zero attached hydrogens (tertiary/aromatic N) is 2. The highest BCUT2D eigenvalue weighted by Crippen LogP contribution is 2.28. The molecule has 1 saturated heterocycles. The van der Waals surface area contributed by atoms with Gasteiger partial charge in [-0.05, 0) is 24.3 Å². The molecule has 2 atom stereocenters. The number of rotatable bonds is 4. The van der Waals surface area contributed by atoms with Gasteiger partial charge in [-0.25, -0.2) is 4.98 Å². The second-order valence-corrected chi connectivity index (χ2v) is 8.24. The van der Waals surface area contributed by atoms with Gasteiger partial charge in [-0.2, -0.15) is 0 Å². The molecule has 5 nitrogen and oxygen atoms in total. The number of imide groups is 1. The summed E-state index contributed by atoms with van der Waals surface area (Å²) >= 11 is 1.77. The van der Waals surface area contributed by atoms with Gasteiger partial charge < -0.3 is 4.90 Å². The van der Waals surface area contributed by atoms with E-state index in [-0.39, 0.29) is 11.8 Å². The van der Waals surface area contributed by atoms with Crippen molar-refractivity contribution in [1.82, 2.24) is 9.88 Å². The molecule has 0 spiro atoms. The lowest BCUT2D eigenvalue weighted by molar-refractivity contribution is -0.917. The summed E-state index contributed by atoms with van der Waals surface area (Å²) in [5.74, 6) is -0.323. The van der Waals surface area contributed by atoms with Crippen molar-refractivity contribution in [2.45, 2.75) is 18.9 Å². The van der Waals surface area contributed by atoms with Crippen LogP contribution in [0.5, 0.6) is 0 Å². The second-order valence-electron chi connectivity index (χ2n) is 7.18. The van der Waals surface area contributed by atoms with Crippen molar-refractivity contribution in [3.05, 3.63) is 64.7 Å². The lowest BCUT2D eigenvalue weighted by Crippen LogP contribution is -3.11. The first-order valence-electron chi connectivity index (χ1n) is 9.37. The summed E-state index contributed by atoms with van der Waals surface area (Å²) in [6.07, 6.45) is 2.26. The van der Waals surface area contributed by atoms with Crippen LogP contribution in [-0.4, -0.2) is 41.3 Å². The number of likely N-dealkylation sites (tertiary alicyclic amines) is 1. The van der Waals surface area contributed by atoms with Crippen LogP contribution in [0.3, 0.4) is 0 Å². The third-order valence-corrected chi connectivity index (χ3v) is 6.78. The number of benzene rings is 2. The number of hydrogen-bond donors (Lipinski definition) is 1. The maximum Gasteiger partial charge on any atom is 0.261 e. The smallest absolute Gasteiger partial charge is 0.261 e. The van der Waals surface area contributed by atoms with E-state index in [4.69, 9.17) is 4.98 Å². The number of quaternary nitrogens is 1. The Hall–Kier alpha value is -2.57. The van der Waals surface area contributed by atoms with E-state index in [0.29, 0.717) is 23.7 Å². The molecule has 2 aliphatic heterocycles. The molecule has 1 aromatic heterocycles. The standard InChI is InChI=1S/C21H19N3O2S/c25-20-14-6-1-2-7-15(14)21(26)24(20)13-12-23-11-5-9-17(23)19-22-16-8-3-4-10-18(16)27-19/h1-4,6-8,10,17H,5,9,11-13H2/p+1/t17-/m0/s1. The maximum absolute atomic E-state index is 12.6. The van der Waals surface area contributed by atoms with Crippen molar-refractivity contribution in [2.24, 2.45) is 0 Å². The van der Waals surface area contributed by atoms with Gasteiger partial charge in [0.25, 0.3) is 11.8 Å². The fourth-order valence-electron chi connectivity index (χ4n) is 4.25. The number of para-hydroxylation sites is 1. The van der Waals surface area contributed by atoms with E-state index in [1.807, 2.05) is 24.3 Å². The Kier molecular flexibility index (Phi) is 4.02. The Morgan fingerprint density at radius 1 is 1.04 bits per heavy atom. The number of amides is 2. The van der Waals surface area contributed by atoms with Crippen LogP contribution in [0.1, 0.15) is 44.6 Å². The molecule has 0 bridgehead atoms. The van der Waals surface area contributed by atoms with Crippen molar-refractivity contribution in [2.75, 3.05) is 19.6 Å².